The van der Waals surface area contributed by atoms with Crippen LogP contribution in [0.4, 0.5) is 0 Å². The molecule has 0 aromatic carbocycles. The van der Waals surface area contributed by atoms with E-state index < -0.39 is 0 Å². The molecule has 0 heterocycles. The van der Waals surface area contributed by atoms with Gasteiger partial charge in [0.05, 0.1) is 0 Å². The minimum absolute atomic E-state index is 0. The number of nitrogens with two attached hydrogens (primary N) is 2. The Bertz CT molecular complexity index is 14.0. The van der Waals surface area contributed by atoms with Crippen LogP contribution < -0.4 is 130 Å². The molecule has 6 heteroatoms. The van der Waals surface area contributed by atoms with Gasteiger partial charge < -0.3 is 11.5 Å². The molecule has 0 fully saturated rings. The Morgan fingerprint density at radius 2 is 0.750 bits per heavy atom. The molecule has 4 N–H and O–H groups in total. The molecule has 0 amide bonds. The van der Waals surface area contributed by atoms with E-state index in [4.69, 9.17) is 11.5 Å². The standard InChI is InChI=1S/C2H8N2.4Na/c3-1-2-4;;;;/h1-4H2;;;;/q;4*+1. The van der Waals surface area contributed by atoms with Crippen molar-refractivity contribution in [3.8, 4) is 0 Å². The van der Waals surface area contributed by atoms with Gasteiger partial charge in [-0.05, 0) is 0 Å². The second-order valence-corrected chi connectivity index (χ2v) is 0.577. The van der Waals surface area contributed by atoms with Crippen molar-refractivity contribution in [1.29, 1.82) is 0 Å². The average molecular weight is 152 g/mol. The van der Waals surface area contributed by atoms with Gasteiger partial charge in [0, 0.05) is 13.1 Å². The van der Waals surface area contributed by atoms with Gasteiger partial charge in [0.1, 0.15) is 0 Å². The second-order valence-electron chi connectivity index (χ2n) is 0.577. The van der Waals surface area contributed by atoms with E-state index in [2.05, 4.69) is 0 Å². The summed E-state index contributed by atoms with van der Waals surface area (Å²) in [6, 6.07) is 0. The molecule has 0 aliphatic carbocycles. The molecular weight excluding hydrogens is 144 g/mol. The van der Waals surface area contributed by atoms with Crippen LogP contribution in [0.5, 0.6) is 0 Å². The van der Waals surface area contributed by atoms with Crippen LogP contribution in [0.2, 0.25) is 0 Å². The minimum Gasteiger partial charge on any atom is -0.329 e. The molecule has 0 unspecified atom stereocenters. The van der Waals surface area contributed by atoms with Gasteiger partial charge in [-0.15, -0.1) is 0 Å². The van der Waals surface area contributed by atoms with Gasteiger partial charge in [0.25, 0.3) is 0 Å². The molecule has 0 aromatic heterocycles. The van der Waals surface area contributed by atoms with Crippen LogP contribution in [-0.4, -0.2) is 13.1 Å². The molecule has 2 nitrogen and oxygen atoms in total. The zero-order valence-electron chi connectivity index (χ0n) is 6.57. The Morgan fingerprint density at radius 3 is 0.750 bits per heavy atom. The molecule has 0 radical (unpaired) electrons. The summed E-state index contributed by atoms with van der Waals surface area (Å²) >= 11 is 0. The van der Waals surface area contributed by atoms with Crippen molar-refractivity contribution in [2.24, 2.45) is 11.5 Å². The van der Waals surface area contributed by atoms with E-state index in [9.17, 15) is 0 Å². The van der Waals surface area contributed by atoms with Crippen molar-refractivity contribution in [3.63, 3.8) is 0 Å². The third kappa shape index (κ3) is 32.6. The number of rotatable bonds is 1. The molecule has 0 spiro atoms. The fraction of sp³-hybridized carbons (Fsp3) is 1.00. The van der Waals surface area contributed by atoms with Gasteiger partial charge in [-0.1, -0.05) is 0 Å². The maximum Gasteiger partial charge on any atom is 1.00 e. The predicted octanol–water partition coefficient (Wildman–Crippen LogP) is -13.1. The summed E-state index contributed by atoms with van der Waals surface area (Å²) in [6.45, 7) is 1.19. The second kappa shape index (κ2) is 30.7. The third-order valence-electron chi connectivity index (χ3n) is 0.167. The fourth-order valence-corrected chi connectivity index (χ4v) is 0. The maximum absolute atomic E-state index is 4.90. The van der Waals surface area contributed by atoms with Crippen LogP contribution in [0.3, 0.4) is 0 Å². The van der Waals surface area contributed by atoms with Crippen LogP contribution in [0, 0.1) is 0 Å². The summed E-state index contributed by atoms with van der Waals surface area (Å²) in [6.07, 6.45) is 0. The summed E-state index contributed by atoms with van der Waals surface area (Å²) in [5.74, 6) is 0. The monoisotopic (exact) mass is 152 g/mol. The molecule has 0 rings (SSSR count). The summed E-state index contributed by atoms with van der Waals surface area (Å²) in [5.41, 5.74) is 9.81. The van der Waals surface area contributed by atoms with Gasteiger partial charge in [-0.3, -0.25) is 0 Å². The van der Waals surface area contributed by atoms with Gasteiger partial charge in [0.2, 0.25) is 0 Å². The third-order valence-corrected chi connectivity index (χ3v) is 0.167. The van der Waals surface area contributed by atoms with Crippen LogP contribution in [-0.2, 0) is 0 Å². The SMILES string of the molecule is NCCN.[Na+].[Na+].[Na+].[Na+]. The number of hydrogen-bond donors (Lipinski definition) is 2. The van der Waals surface area contributed by atoms with E-state index in [-0.39, 0.29) is 118 Å². The van der Waals surface area contributed by atoms with Gasteiger partial charge in [-0.2, -0.15) is 0 Å². The van der Waals surface area contributed by atoms with Crippen LogP contribution in [0.1, 0.15) is 0 Å². The minimum atomic E-state index is 0. The summed E-state index contributed by atoms with van der Waals surface area (Å²) < 4.78 is 0. The van der Waals surface area contributed by atoms with E-state index in [1.165, 1.54) is 0 Å². The Labute approximate surface area is 139 Å². The van der Waals surface area contributed by atoms with Gasteiger partial charge in [-0.25, -0.2) is 0 Å². The molecule has 0 bridgehead atoms. The molecule has 0 aromatic rings. The molecule has 0 saturated carbocycles. The first kappa shape index (κ1) is 29.7. The molecule has 0 saturated heterocycles. The Balaban J connectivity index is -0.00000000750. The predicted molar refractivity (Wildman–Crippen MR) is 18.1 cm³/mol. The van der Waals surface area contributed by atoms with E-state index in [1.54, 1.807) is 0 Å². The molecule has 0 aliphatic rings. The van der Waals surface area contributed by atoms with E-state index >= 15 is 0 Å². The Kier molecular flexibility index (Phi) is 114. The zero-order valence-corrected chi connectivity index (χ0v) is 14.6. The van der Waals surface area contributed by atoms with Crippen LogP contribution in [0.15, 0.2) is 0 Å². The average Bonchev–Trinajstić information content (AvgIpc) is 1.37. The molecule has 0 aliphatic heterocycles. The first-order chi connectivity index (χ1) is 1.91. The van der Waals surface area contributed by atoms with Gasteiger partial charge in [0.15, 0.2) is 0 Å². The molecular formula is C2H8N2Na4+4. The van der Waals surface area contributed by atoms with E-state index in [0.717, 1.165) is 0 Å². The van der Waals surface area contributed by atoms with Crippen molar-refractivity contribution in [2.75, 3.05) is 13.1 Å². The smallest absolute Gasteiger partial charge is 0.329 e. The van der Waals surface area contributed by atoms with Crippen LogP contribution >= 0.6 is 0 Å². The summed E-state index contributed by atoms with van der Waals surface area (Å²) in [4.78, 5) is 0. The first-order valence-electron chi connectivity index (χ1n) is 1.32. The van der Waals surface area contributed by atoms with E-state index in [0.29, 0.717) is 13.1 Å². The zero-order chi connectivity index (χ0) is 3.41. The van der Waals surface area contributed by atoms with Gasteiger partial charge >= 0.3 is 118 Å². The van der Waals surface area contributed by atoms with Crippen LogP contribution in [0.25, 0.3) is 0 Å². The normalized spacial score (nSPS) is 3.75. The van der Waals surface area contributed by atoms with Crippen molar-refractivity contribution in [3.05, 3.63) is 0 Å². The molecule has 8 heavy (non-hydrogen) atoms. The first-order valence-corrected chi connectivity index (χ1v) is 1.32. The number of hydrogen-bond acceptors (Lipinski definition) is 2. The summed E-state index contributed by atoms with van der Waals surface area (Å²) in [5, 5.41) is 0. The summed E-state index contributed by atoms with van der Waals surface area (Å²) in [7, 11) is 0. The maximum atomic E-state index is 4.90. The quantitative estimate of drug-likeness (QED) is 0.366. The molecule has 26 valence electrons. The fourth-order valence-electron chi connectivity index (χ4n) is 0. The van der Waals surface area contributed by atoms with Crippen molar-refractivity contribution in [2.45, 2.75) is 0 Å². The van der Waals surface area contributed by atoms with Crippen molar-refractivity contribution < 1.29 is 118 Å². The Hall–Kier alpha value is 3.92. The topological polar surface area (TPSA) is 52.0 Å². The Morgan fingerprint density at radius 1 is 0.625 bits per heavy atom. The molecule has 0 atom stereocenters. The largest absolute Gasteiger partial charge is 1.00 e. The van der Waals surface area contributed by atoms with Crippen molar-refractivity contribution >= 4 is 0 Å². The van der Waals surface area contributed by atoms with Crippen molar-refractivity contribution in [1.82, 2.24) is 0 Å². The van der Waals surface area contributed by atoms with E-state index in [1.807, 2.05) is 0 Å².